The largest absolute Gasteiger partial charge is 0.508 e. The zero-order valence-electron chi connectivity index (χ0n) is 59.7. The average Bonchev–Trinajstić information content (AvgIpc) is 1.64. The Morgan fingerprint density at radius 1 is 0.461 bits per heavy atom. The number of phenols is 1. The Morgan fingerprint density at radius 2 is 0.951 bits per heavy atom. The number of phenolic OH excluding ortho intramolecular Hbond substituents is 1. The number of benzene rings is 2. The Morgan fingerprint density at radius 3 is 1.54 bits per heavy atom. The van der Waals surface area contributed by atoms with E-state index in [1.165, 1.54) is 26.0 Å². The van der Waals surface area contributed by atoms with Gasteiger partial charge in [0.2, 0.25) is 76.8 Å². The van der Waals surface area contributed by atoms with Crippen LogP contribution in [0.2, 0.25) is 0 Å². The van der Waals surface area contributed by atoms with Crippen molar-refractivity contribution in [1.82, 2.24) is 68.8 Å². The molecule has 0 saturated carbocycles. The molecule has 33 heteroatoms. The van der Waals surface area contributed by atoms with Gasteiger partial charge in [-0.2, -0.15) is 0 Å². The smallest absolute Gasteiger partial charge is 0.243 e. The van der Waals surface area contributed by atoms with Gasteiger partial charge in [0.25, 0.3) is 0 Å². The highest BCUT2D eigenvalue weighted by Crippen LogP contribution is 2.20. The quantitative estimate of drug-likeness (QED) is 0.0170. The molecule has 0 unspecified atom stereocenters. The highest BCUT2D eigenvalue weighted by molar-refractivity contribution is 5.97. The second-order valence-corrected chi connectivity index (χ2v) is 26.2. The molecule has 0 radical (unpaired) electrons. The normalized spacial score (nSPS) is 13.4. The van der Waals surface area contributed by atoms with E-state index in [0.29, 0.717) is 83.0 Å². The van der Waals surface area contributed by atoms with Gasteiger partial charge < -0.3 is 103 Å². The number of nitrogens with two attached hydrogens (primary N) is 5. The van der Waals surface area contributed by atoms with Crippen molar-refractivity contribution in [2.75, 3.05) is 45.8 Å². The first-order valence-electron chi connectivity index (χ1n) is 35.1. The number of para-hydroxylation sites is 1. The van der Waals surface area contributed by atoms with E-state index in [1.54, 1.807) is 18.3 Å². The number of hydrogen-bond donors (Lipinski definition) is 19. The first-order valence-corrected chi connectivity index (χ1v) is 35.1. The summed E-state index contributed by atoms with van der Waals surface area (Å²) in [5, 5.41) is 42.5. The molecule has 3 aromatic rings. The monoisotopic (exact) mass is 1430 g/mol. The van der Waals surface area contributed by atoms with Gasteiger partial charge in [-0.05, 0) is 151 Å². The van der Waals surface area contributed by atoms with Gasteiger partial charge in [0.1, 0.15) is 48.0 Å². The number of guanidine groups is 1. The van der Waals surface area contributed by atoms with E-state index in [2.05, 4.69) is 73.8 Å². The first kappa shape index (κ1) is 86.3. The number of carbonyl (C=O) groups excluding carboxylic acids is 13. The fourth-order valence-electron chi connectivity index (χ4n) is 10.5. The Kier molecular flexibility index (Phi) is 40.0. The summed E-state index contributed by atoms with van der Waals surface area (Å²) in [6, 6.07) is 5.13. The first-order chi connectivity index (χ1) is 48.5. The summed E-state index contributed by atoms with van der Waals surface area (Å²) < 4.78 is 0. The third kappa shape index (κ3) is 35.4. The molecule has 33 nitrogen and oxygen atoms in total. The van der Waals surface area contributed by atoms with Gasteiger partial charge in [-0.1, -0.05) is 58.0 Å². The SMILES string of the molecule is CC(C)C[C@H](NC(=O)[C@H](CC(C)C)NC(=O)CNC(=O)[C@H](C)NC(=O)[C@H](C)NC(=O)[C@H](CCCN=C(N)N)NC(=O)CNC(=O)CCCCNC(=O)CCCCNC(=O)CCCCNC(=O)[C@@H](CCCCN)NC(=O)[C@H](Cc1ccc(O)cc1)NC(=O)[C@@H](N)Cc1c[nH]c2ccccc12)C(N)=O. The van der Waals surface area contributed by atoms with Crippen LogP contribution in [0.1, 0.15) is 155 Å². The van der Waals surface area contributed by atoms with Crippen LogP contribution in [0.25, 0.3) is 10.9 Å². The molecule has 0 aliphatic carbocycles. The summed E-state index contributed by atoms with van der Waals surface area (Å²) in [5.41, 5.74) is 30.9. The molecule has 3 rings (SSSR count). The molecule has 0 bridgehead atoms. The van der Waals surface area contributed by atoms with Crippen LogP contribution in [0.5, 0.6) is 5.75 Å². The molecule has 2 aromatic carbocycles. The van der Waals surface area contributed by atoms with Crippen LogP contribution in [0.15, 0.2) is 59.7 Å². The maximum absolute atomic E-state index is 14.0. The predicted octanol–water partition coefficient (Wildman–Crippen LogP) is -1.73. The minimum atomic E-state index is -1.23. The number of nitrogens with one attached hydrogen (secondary N) is 13. The standard InChI is InChI=1S/C69H111N19O14/c1-41(2)34-53(61(72)95)87-67(101)54(35-42(3)4)85-60(94)40-81-62(96)43(5)82-63(97)44(6)83-66(100)52(21-17-33-78-69(73)74)84-59(93)39-80-58(92)24-11-15-31-76-56(90)22-10-14-30-75-57(91)23-12-16-32-77-65(99)51(20-9-13-29-70)86-68(102)55(36-45-25-27-47(89)28-26-45)88-64(98)49(71)37-46-38-79-50-19-8-7-18-48(46)50/h7-8,18-19,25-28,38,41-44,49,51-55,79,89H,9-17,20-24,29-37,39-40,70-71H2,1-6H3,(H2,72,95)(H,75,91)(H,76,90)(H,77,99)(H,80,92)(H,81,96)(H,82,97)(H,83,100)(H,84,93)(H,85,94)(H,86,102)(H,87,101)(H,88,98)(H4,73,74,78)/t43-,44-,49-,51+,52-,53-,54-,55-/m0/s1. The van der Waals surface area contributed by atoms with E-state index < -0.39 is 126 Å². The fourth-order valence-corrected chi connectivity index (χ4v) is 10.5. The number of carbonyl (C=O) groups is 13. The van der Waals surface area contributed by atoms with Crippen LogP contribution >= 0.6 is 0 Å². The van der Waals surface area contributed by atoms with Crippen molar-refractivity contribution in [2.45, 2.75) is 205 Å². The number of aromatic hydroxyl groups is 1. The Bertz CT molecular complexity index is 3250. The van der Waals surface area contributed by atoms with Crippen molar-refractivity contribution >= 4 is 93.7 Å². The number of rotatable bonds is 50. The number of unbranched alkanes of at least 4 members (excludes halogenated alkanes) is 4. The third-order valence-electron chi connectivity index (χ3n) is 16.2. The second kappa shape index (κ2) is 47.2. The Hall–Kier alpha value is -9.92. The number of aliphatic imine (C=N–C) groups is 1. The Balaban J connectivity index is 1.33. The summed E-state index contributed by atoms with van der Waals surface area (Å²) >= 11 is 0. The third-order valence-corrected chi connectivity index (χ3v) is 16.2. The molecule has 1 aromatic heterocycles. The molecule has 1 heterocycles. The lowest BCUT2D eigenvalue weighted by Gasteiger charge is -2.24. The molecule has 566 valence electrons. The molecule has 24 N–H and O–H groups in total. The second-order valence-electron chi connectivity index (χ2n) is 26.2. The van der Waals surface area contributed by atoms with E-state index in [0.717, 1.165) is 16.5 Å². The van der Waals surface area contributed by atoms with E-state index >= 15 is 0 Å². The van der Waals surface area contributed by atoms with E-state index in [4.69, 9.17) is 28.7 Å². The number of nitrogens with zero attached hydrogens (tertiary/aromatic N) is 1. The van der Waals surface area contributed by atoms with Crippen molar-refractivity contribution in [2.24, 2.45) is 45.5 Å². The number of amides is 13. The van der Waals surface area contributed by atoms with Crippen LogP contribution in [0, 0.1) is 11.8 Å². The highest BCUT2D eigenvalue weighted by Gasteiger charge is 2.32. The molecule has 13 amide bonds. The highest BCUT2D eigenvalue weighted by atomic mass is 16.3. The van der Waals surface area contributed by atoms with E-state index in [-0.39, 0.29) is 106 Å². The van der Waals surface area contributed by atoms with Gasteiger partial charge in [-0.25, -0.2) is 0 Å². The van der Waals surface area contributed by atoms with Gasteiger partial charge in [0.05, 0.1) is 19.1 Å². The Labute approximate surface area is 596 Å². The van der Waals surface area contributed by atoms with Crippen LogP contribution in [-0.2, 0) is 75.2 Å². The number of H-pyrrole nitrogens is 1. The summed E-state index contributed by atoms with van der Waals surface area (Å²) in [6.45, 7) is 10.4. The van der Waals surface area contributed by atoms with Crippen molar-refractivity contribution in [1.29, 1.82) is 0 Å². The van der Waals surface area contributed by atoms with Gasteiger partial charge >= 0.3 is 0 Å². The fraction of sp³-hybridized carbons (Fsp3) is 0.594. The number of aromatic nitrogens is 1. The number of aromatic amines is 1. The number of primary amides is 1. The van der Waals surface area contributed by atoms with Crippen molar-refractivity contribution in [3.05, 3.63) is 65.9 Å². The topological polar surface area (TPSA) is 545 Å². The van der Waals surface area contributed by atoms with Crippen molar-refractivity contribution in [3.63, 3.8) is 0 Å². The number of fused-ring (bicyclic) bond motifs is 1. The molecule has 102 heavy (non-hydrogen) atoms. The zero-order valence-corrected chi connectivity index (χ0v) is 59.7. The van der Waals surface area contributed by atoms with Crippen LogP contribution < -0.4 is 92.5 Å². The van der Waals surface area contributed by atoms with Gasteiger partial charge in [-0.3, -0.25) is 67.3 Å². The molecule has 0 fully saturated rings. The van der Waals surface area contributed by atoms with Crippen LogP contribution in [-0.4, -0.2) is 187 Å². The summed E-state index contributed by atoms with van der Waals surface area (Å²) in [6.07, 6.45) is 7.46. The zero-order chi connectivity index (χ0) is 75.7. The molecule has 0 aliphatic heterocycles. The minimum absolute atomic E-state index is 0.0205. The van der Waals surface area contributed by atoms with E-state index in [9.17, 15) is 67.4 Å². The van der Waals surface area contributed by atoms with Gasteiger partial charge in [0, 0.05) is 69.0 Å². The molecule has 0 spiro atoms. The lowest BCUT2D eigenvalue weighted by molar-refractivity contribution is -0.134. The van der Waals surface area contributed by atoms with E-state index in [1.807, 2.05) is 52.0 Å². The average molecular weight is 1430 g/mol. The minimum Gasteiger partial charge on any atom is -0.508 e. The molecular formula is C69H111N19O14. The lowest BCUT2D eigenvalue weighted by Crippen LogP contribution is -2.56. The lowest BCUT2D eigenvalue weighted by atomic mass is 10.0. The van der Waals surface area contributed by atoms with Crippen molar-refractivity contribution < 1.29 is 67.4 Å². The summed E-state index contributed by atoms with van der Waals surface area (Å²) in [5.74, 6) is -7.68. The van der Waals surface area contributed by atoms with Crippen LogP contribution in [0.3, 0.4) is 0 Å². The van der Waals surface area contributed by atoms with Gasteiger partial charge in [0.15, 0.2) is 5.96 Å². The van der Waals surface area contributed by atoms with Crippen molar-refractivity contribution in [3.8, 4) is 5.75 Å². The number of hydrogen-bond acceptors (Lipinski definition) is 17. The molecule has 8 atom stereocenters. The summed E-state index contributed by atoms with van der Waals surface area (Å²) in [7, 11) is 0. The van der Waals surface area contributed by atoms with Gasteiger partial charge in [-0.15, -0.1) is 0 Å². The molecule has 0 aliphatic rings. The maximum atomic E-state index is 14.0. The molecular weight excluding hydrogens is 1320 g/mol. The van der Waals surface area contributed by atoms with Crippen LogP contribution in [0.4, 0.5) is 0 Å². The maximum Gasteiger partial charge on any atom is 0.243 e. The predicted molar refractivity (Wildman–Crippen MR) is 384 cm³/mol. The summed E-state index contributed by atoms with van der Waals surface area (Å²) in [4.78, 5) is 176. The molecule has 0 saturated heterocycles.